The minimum absolute atomic E-state index is 0.0764. The minimum Gasteiger partial charge on any atom is -0.211 e. The number of isocyanates is 1. The van der Waals surface area contributed by atoms with Crippen molar-refractivity contribution in [3.8, 4) is 0 Å². The van der Waals surface area contributed by atoms with Gasteiger partial charge >= 0.3 is 5.13 Å². The van der Waals surface area contributed by atoms with Crippen molar-refractivity contribution in [2.45, 2.75) is 18.1 Å². The maximum absolute atomic E-state index is 9.93. The maximum atomic E-state index is 9.93. The van der Waals surface area contributed by atoms with Gasteiger partial charge in [-0.1, -0.05) is 15.2 Å². The quantitative estimate of drug-likeness (QED) is 0.382. The van der Waals surface area contributed by atoms with Crippen molar-refractivity contribution in [2.75, 3.05) is 0 Å². The molecule has 1 atom stereocenters. The van der Waals surface area contributed by atoms with Gasteiger partial charge in [0.1, 0.15) is 5.25 Å². The highest BCUT2D eigenvalue weighted by Gasteiger charge is 2.37. The van der Waals surface area contributed by atoms with E-state index in [0.717, 1.165) is 0 Å². The molecule has 1 heterocycles. The zero-order valence-electron chi connectivity index (χ0n) is 5.73. The Morgan fingerprint density at radius 2 is 2.55 bits per heavy atom. The second-order valence-electron chi connectivity index (χ2n) is 2.38. The Morgan fingerprint density at radius 1 is 1.73 bits per heavy atom. The molecule has 1 aromatic heterocycles. The van der Waals surface area contributed by atoms with E-state index in [2.05, 4.69) is 15.2 Å². The molecule has 56 valence electrons. The van der Waals surface area contributed by atoms with Crippen LogP contribution >= 0.6 is 10.5 Å². The van der Waals surface area contributed by atoms with Crippen molar-refractivity contribution in [2.24, 2.45) is 4.99 Å². The van der Waals surface area contributed by atoms with Crippen LogP contribution in [0.15, 0.2) is 10.5 Å². The standard InChI is InChI=1S/C6H6N3OS/c10-3-7-6-9-8-4-11(6)5-1-2-5/h4-5H,1-2H2/q+1. The highest BCUT2D eigenvalue weighted by atomic mass is 32.2. The van der Waals surface area contributed by atoms with Gasteiger partial charge in [0, 0.05) is 23.3 Å². The van der Waals surface area contributed by atoms with E-state index >= 15 is 0 Å². The molecule has 1 aliphatic carbocycles. The van der Waals surface area contributed by atoms with Gasteiger partial charge in [0.25, 0.3) is 5.51 Å². The van der Waals surface area contributed by atoms with Crippen LogP contribution in [0.4, 0.5) is 5.13 Å². The molecule has 1 aromatic rings. The van der Waals surface area contributed by atoms with E-state index in [9.17, 15) is 4.79 Å². The lowest BCUT2D eigenvalue weighted by Crippen LogP contribution is -1.63. The third-order valence-corrected chi connectivity index (χ3v) is 3.65. The number of hydrogen-bond acceptors (Lipinski definition) is 4. The topological polar surface area (TPSA) is 55.2 Å². The van der Waals surface area contributed by atoms with Crippen molar-refractivity contribution < 1.29 is 4.79 Å². The van der Waals surface area contributed by atoms with Crippen LogP contribution in [0.1, 0.15) is 18.1 Å². The van der Waals surface area contributed by atoms with E-state index in [0.29, 0.717) is 10.4 Å². The van der Waals surface area contributed by atoms with Crippen LogP contribution in [0, 0.1) is 0 Å². The summed E-state index contributed by atoms with van der Waals surface area (Å²) in [5.41, 5.74) is 1.79. The largest absolute Gasteiger partial charge is 0.397 e. The highest BCUT2D eigenvalue weighted by molar-refractivity contribution is 7.33. The van der Waals surface area contributed by atoms with Gasteiger partial charge < -0.3 is 0 Å². The summed E-state index contributed by atoms with van der Waals surface area (Å²) in [5, 5.41) is 8.67. The average molecular weight is 168 g/mol. The molecule has 11 heavy (non-hydrogen) atoms. The summed E-state index contributed by atoms with van der Waals surface area (Å²) in [4.78, 5) is 13.4. The molecule has 2 rings (SSSR count). The fourth-order valence-corrected chi connectivity index (χ4v) is 2.53. The zero-order chi connectivity index (χ0) is 7.68. The summed E-state index contributed by atoms with van der Waals surface area (Å²) in [6, 6.07) is 0. The van der Waals surface area contributed by atoms with E-state index in [-0.39, 0.29) is 10.5 Å². The summed E-state index contributed by atoms with van der Waals surface area (Å²) in [6.07, 6.45) is 3.92. The molecule has 1 aliphatic rings. The SMILES string of the molecule is O=C=Nc1nnc[s+]1C1CC1. The smallest absolute Gasteiger partial charge is 0.211 e. The molecule has 5 heteroatoms. The number of aromatic nitrogens is 2. The lowest BCUT2D eigenvalue weighted by Gasteiger charge is -1.76. The minimum atomic E-state index is -0.0764. The Hall–Kier alpha value is -1.06. The van der Waals surface area contributed by atoms with Crippen molar-refractivity contribution in [3.05, 3.63) is 5.51 Å². The second kappa shape index (κ2) is 2.53. The van der Waals surface area contributed by atoms with Crippen molar-refractivity contribution >= 4 is 21.7 Å². The Labute approximate surface area is 66.0 Å². The maximum Gasteiger partial charge on any atom is 0.397 e. The van der Waals surface area contributed by atoms with Gasteiger partial charge in [-0.05, 0) is 0 Å². The first-order valence-electron chi connectivity index (χ1n) is 3.33. The third kappa shape index (κ3) is 1.20. The van der Waals surface area contributed by atoms with Crippen LogP contribution in [-0.2, 0) is 4.79 Å². The van der Waals surface area contributed by atoms with Crippen LogP contribution in [0.5, 0.6) is 0 Å². The summed E-state index contributed by atoms with van der Waals surface area (Å²) in [6.45, 7) is 0. The molecule has 1 fully saturated rings. The van der Waals surface area contributed by atoms with E-state index in [1.54, 1.807) is 5.51 Å². The summed E-state index contributed by atoms with van der Waals surface area (Å²) < 4.78 is 0. The van der Waals surface area contributed by atoms with E-state index in [1.165, 1.54) is 18.9 Å². The molecule has 0 spiro atoms. The van der Waals surface area contributed by atoms with Crippen LogP contribution in [-0.4, -0.2) is 16.3 Å². The van der Waals surface area contributed by atoms with Gasteiger partial charge in [-0.2, -0.15) is 0 Å². The molecule has 0 aromatic carbocycles. The third-order valence-electron chi connectivity index (χ3n) is 1.54. The Bertz CT molecular complexity index is 311. The lowest BCUT2D eigenvalue weighted by atomic mass is 11.0. The first-order chi connectivity index (χ1) is 5.42. The van der Waals surface area contributed by atoms with Crippen molar-refractivity contribution in [3.63, 3.8) is 0 Å². The molecule has 0 aliphatic heterocycles. The Balaban J connectivity index is 2.36. The van der Waals surface area contributed by atoms with Crippen LogP contribution in [0.3, 0.4) is 0 Å². The van der Waals surface area contributed by atoms with E-state index < -0.39 is 0 Å². The second-order valence-corrected chi connectivity index (χ2v) is 4.36. The first kappa shape index (κ1) is 6.64. The normalized spacial score (nSPS) is 17.6. The van der Waals surface area contributed by atoms with Crippen LogP contribution in [0.25, 0.3) is 0 Å². The van der Waals surface area contributed by atoms with Crippen molar-refractivity contribution in [1.29, 1.82) is 0 Å². The van der Waals surface area contributed by atoms with Gasteiger partial charge in [0.15, 0.2) is 0 Å². The van der Waals surface area contributed by atoms with Gasteiger partial charge in [-0.3, -0.25) is 0 Å². The molecule has 4 nitrogen and oxygen atoms in total. The molecular formula is C6H6N3OS+. The van der Waals surface area contributed by atoms with E-state index in [1.807, 2.05) is 0 Å². The molecule has 1 saturated carbocycles. The summed E-state index contributed by atoms with van der Waals surface area (Å²) >= 11 is 0. The highest BCUT2D eigenvalue weighted by Crippen LogP contribution is 2.53. The predicted molar refractivity (Wildman–Crippen MR) is 40.6 cm³/mol. The molecular weight excluding hydrogens is 162 g/mol. The van der Waals surface area contributed by atoms with Crippen LogP contribution < -0.4 is 0 Å². The predicted octanol–water partition coefficient (Wildman–Crippen LogP) is 1.53. The fourth-order valence-electron chi connectivity index (χ4n) is 0.889. The molecule has 1 unspecified atom stereocenters. The molecule has 0 saturated heterocycles. The monoisotopic (exact) mass is 168 g/mol. The molecule has 0 N–H and O–H groups in total. The Morgan fingerprint density at radius 3 is 3.18 bits per heavy atom. The van der Waals surface area contributed by atoms with E-state index in [4.69, 9.17) is 0 Å². The van der Waals surface area contributed by atoms with Crippen LogP contribution in [0.2, 0.25) is 0 Å². The molecule has 0 radical (unpaired) electrons. The summed E-state index contributed by atoms with van der Waals surface area (Å²) in [7, 11) is -0.0764. The number of carbonyl (C=O) groups excluding carboxylic acids is 1. The Kier molecular flexibility index (Phi) is 1.52. The average Bonchev–Trinajstić information content (AvgIpc) is 2.75. The van der Waals surface area contributed by atoms with Gasteiger partial charge in [0.05, 0.1) is 0 Å². The first-order valence-corrected chi connectivity index (χ1v) is 4.68. The number of rotatable bonds is 2. The number of nitrogens with zero attached hydrogens (tertiary/aromatic N) is 3. The molecule has 0 amide bonds. The molecule has 0 bridgehead atoms. The summed E-state index contributed by atoms with van der Waals surface area (Å²) in [5.74, 6) is 0. The van der Waals surface area contributed by atoms with Gasteiger partial charge in [0.2, 0.25) is 6.08 Å². The van der Waals surface area contributed by atoms with Gasteiger partial charge in [-0.25, -0.2) is 4.79 Å². The zero-order valence-corrected chi connectivity index (χ0v) is 6.54. The van der Waals surface area contributed by atoms with Crippen molar-refractivity contribution in [1.82, 2.24) is 10.2 Å². The number of aliphatic imine (C=N–C) groups is 1. The lowest BCUT2D eigenvalue weighted by molar-refractivity contribution is 0.565. The number of hydrogen-bond donors (Lipinski definition) is 0. The fraction of sp³-hybridized carbons (Fsp3) is 0.500. The van der Waals surface area contributed by atoms with Gasteiger partial charge in [-0.15, -0.1) is 0 Å².